The van der Waals surface area contributed by atoms with E-state index in [9.17, 15) is 4.79 Å². The summed E-state index contributed by atoms with van der Waals surface area (Å²) in [5.74, 6) is 0. The molecule has 0 fully saturated rings. The second kappa shape index (κ2) is 5.24. The molecule has 0 aliphatic carbocycles. The van der Waals surface area contributed by atoms with Gasteiger partial charge in [0.1, 0.15) is 0 Å². The third-order valence-electron chi connectivity index (χ3n) is 1.51. The van der Waals surface area contributed by atoms with Crippen molar-refractivity contribution in [2.45, 2.75) is 19.9 Å². The van der Waals surface area contributed by atoms with Gasteiger partial charge < -0.3 is 5.32 Å². The molecule has 4 heteroatoms. The van der Waals surface area contributed by atoms with Crippen LogP contribution in [-0.4, -0.2) is 12.1 Å². The van der Waals surface area contributed by atoms with Crippen LogP contribution in [0.15, 0.2) is 30.3 Å². The molecular formula is C10H15N3O. The third-order valence-corrected chi connectivity index (χ3v) is 1.51. The highest BCUT2D eigenvalue weighted by Crippen LogP contribution is 2.03. The fourth-order valence-corrected chi connectivity index (χ4v) is 0.894. The van der Waals surface area contributed by atoms with Gasteiger partial charge in [-0.2, -0.15) is 0 Å². The molecule has 76 valence electrons. The molecule has 1 rings (SSSR count). The van der Waals surface area contributed by atoms with Gasteiger partial charge in [0.25, 0.3) is 0 Å². The first-order valence-electron chi connectivity index (χ1n) is 4.56. The molecule has 0 bridgehead atoms. The molecule has 3 N–H and O–H groups in total. The van der Waals surface area contributed by atoms with E-state index in [2.05, 4.69) is 16.2 Å². The molecule has 0 unspecified atom stereocenters. The maximum atomic E-state index is 11.2. The molecule has 0 saturated heterocycles. The summed E-state index contributed by atoms with van der Waals surface area (Å²) in [6, 6.07) is 9.25. The normalized spacial score (nSPS) is 9.93. The SMILES string of the molecule is CC(C)NNC(=O)Nc1ccccc1. The molecule has 0 atom stereocenters. The van der Waals surface area contributed by atoms with Crippen LogP contribution < -0.4 is 16.2 Å². The van der Waals surface area contributed by atoms with Crippen molar-refractivity contribution in [2.75, 3.05) is 5.32 Å². The average Bonchev–Trinajstić information content (AvgIpc) is 2.16. The second-order valence-corrected chi connectivity index (χ2v) is 3.24. The van der Waals surface area contributed by atoms with Gasteiger partial charge in [-0.25, -0.2) is 10.2 Å². The minimum Gasteiger partial charge on any atom is -0.307 e. The Labute approximate surface area is 83.7 Å². The first-order valence-corrected chi connectivity index (χ1v) is 4.56. The number of carbonyl (C=O) groups is 1. The zero-order valence-electron chi connectivity index (χ0n) is 8.37. The second-order valence-electron chi connectivity index (χ2n) is 3.24. The number of amides is 2. The molecule has 0 heterocycles. The van der Waals surface area contributed by atoms with Gasteiger partial charge in [-0.15, -0.1) is 0 Å². The molecule has 0 aliphatic heterocycles. The van der Waals surface area contributed by atoms with Crippen LogP contribution in [0, 0.1) is 0 Å². The quantitative estimate of drug-likeness (QED) is 0.640. The van der Waals surface area contributed by atoms with Crippen LogP contribution >= 0.6 is 0 Å². The Morgan fingerprint density at radius 3 is 2.43 bits per heavy atom. The molecule has 1 aromatic carbocycles. The van der Waals surface area contributed by atoms with Crippen LogP contribution in [0.25, 0.3) is 0 Å². The van der Waals surface area contributed by atoms with E-state index in [0.29, 0.717) is 0 Å². The van der Waals surface area contributed by atoms with Crippen LogP contribution in [0.5, 0.6) is 0 Å². The fourth-order valence-electron chi connectivity index (χ4n) is 0.894. The summed E-state index contributed by atoms with van der Waals surface area (Å²) in [5.41, 5.74) is 6.11. The number of hydrogen-bond acceptors (Lipinski definition) is 2. The van der Waals surface area contributed by atoms with Gasteiger partial charge in [-0.05, 0) is 26.0 Å². The number of nitrogens with one attached hydrogen (secondary N) is 3. The van der Waals surface area contributed by atoms with Crippen LogP contribution in [0.2, 0.25) is 0 Å². The van der Waals surface area contributed by atoms with Crippen LogP contribution in [0.1, 0.15) is 13.8 Å². The highest BCUT2D eigenvalue weighted by molar-refractivity contribution is 5.88. The van der Waals surface area contributed by atoms with Gasteiger partial charge >= 0.3 is 6.03 Å². The summed E-state index contributed by atoms with van der Waals surface area (Å²) in [4.78, 5) is 11.2. The lowest BCUT2D eigenvalue weighted by Crippen LogP contribution is -2.43. The summed E-state index contributed by atoms with van der Waals surface area (Å²) < 4.78 is 0. The Bertz CT molecular complexity index is 285. The molecule has 1 aromatic rings. The Morgan fingerprint density at radius 2 is 1.86 bits per heavy atom. The Hall–Kier alpha value is -1.55. The summed E-state index contributed by atoms with van der Waals surface area (Å²) in [7, 11) is 0. The van der Waals surface area contributed by atoms with E-state index in [1.165, 1.54) is 0 Å². The lowest BCUT2D eigenvalue weighted by atomic mass is 10.3. The van der Waals surface area contributed by atoms with Gasteiger partial charge in [0.15, 0.2) is 0 Å². The summed E-state index contributed by atoms with van der Waals surface area (Å²) in [6.45, 7) is 3.89. The number of benzene rings is 1. The Morgan fingerprint density at radius 1 is 1.21 bits per heavy atom. The number of anilines is 1. The fraction of sp³-hybridized carbons (Fsp3) is 0.300. The first kappa shape index (κ1) is 10.5. The number of hydrazine groups is 1. The molecule has 0 aromatic heterocycles. The van der Waals surface area contributed by atoms with E-state index < -0.39 is 0 Å². The first-order chi connectivity index (χ1) is 6.68. The third kappa shape index (κ3) is 3.91. The van der Waals surface area contributed by atoms with Crippen molar-refractivity contribution in [1.29, 1.82) is 0 Å². The topological polar surface area (TPSA) is 53.2 Å². The van der Waals surface area contributed by atoms with Crippen molar-refractivity contribution >= 4 is 11.7 Å². The number of hydrogen-bond donors (Lipinski definition) is 3. The lowest BCUT2D eigenvalue weighted by Gasteiger charge is -2.10. The van der Waals surface area contributed by atoms with Gasteiger partial charge in [0.2, 0.25) is 0 Å². The summed E-state index contributed by atoms with van der Waals surface area (Å²) in [5, 5.41) is 2.68. The van der Waals surface area contributed by atoms with E-state index in [-0.39, 0.29) is 12.1 Å². The highest BCUT2D eigenvalue weighted by atomic mass is 16.2. The largest absolute Gasteiger partial charge is 0.333 e. The van der Waals surface area contributed by atoms with E-state index in [1.807, 2.05) is 44.2 Å². The van der Waals surface area contributed by atoms with Crippen molar-refractivity contribution < 1.29 is 4.79 Å². The van der Waals surface area contributed by atoms with Crippen molar-refractivity contribution in [3.63, 3.8) is 0 Å². The molecular weight excluding hydrogens is 178 g/mol. The van der Waals surface area contributed by atoms with Crippen molar-refractivity contribution in [1.82, 2.24) is 10.9 Å². The molecule has 0 spiro atoms. The zero-order valence-corrected chi connectivity index (χ0v) is 8.37. The number of para-hydroxylation sites is 1. The van der Waals surface area contributed by atoms with Crippen molar-refractivity contribution in [3.8, 4) is 0 Å². The smallest absolute Gasteiger partial charge is 0.307 e. The number of carbonyl (C=O) groups excluding carboxylic acids is 1. The predicted octanol–water partition coefficient (Wildman–Crippen LogP) is 1.72. The van der Waals surface area contributed by atoms with E-state index in [4.69, 9.17) is 0 Å². The monoisotopic (exact) mass is 193 g/mol. The summed E-state index contributed by atoms with van der Waals surface area (Å²) >= 11 is 0. The molecule has 0 saturated carbocycles. The van der Waals surface area contributed by atoms with E-state index >= 15 is 0 Å². The van der Waals surface area contributed by atoms with Crippen LogP contribution in [0.4, 0.5) is 10.5 Å². The number of urea groups is 1. The van der Waals surface area contributed by atoms with Crippen molar-refractivity contribution in [3.05, 3.63) is 30.3 Å². The van der Waals surface area contributed by atoms with Gasteiger partial charge in [0.05, 0.1) is 0 Å². The Balaban J connectivity index is 2.35. The predicted molar refractivity (Wildman–Crippen MR) is 56.9 cm³/mol. The van der Waals surface area contributed by atoms with E-state index in [0.717, 1.165) is 5.69 Å². The van der Waals surface area contributed by atoms with Gasteiger partial charge in [0, 0.05) is 11.7 Å². The van der Waals surface area contributed by atoms with Crippen LogP contribution in [-0.2, 0) is 0 Å². The highest BCUT2D eigenvalue weighted by Gasteiger charge is 1.99. The minimum absolute atomic E-state index is 0.219. The molecule has 14 heavy (non-hydrogen) atoms. The Kier molecular flexibility index (Phi) is 3.94. The molecule has 0 aliphatic rings. The van der Waals surface area contributed by atoms with E-state index in [1.54, 1.807) is 0 Å². The maximum absolute atomic E-state index is 11.2. The standard InChI is InChI=1S/C10H15N3O/c1-8(2)12-13-10(14)11-9-6-4-3-5-7-9/h3-8,12H,1-2H3,(H2,11,13,14). The summed E-state index contributed by atoms with van der Waals surface area (Å²) in [6.07, 6.45) is 0. The van der Waals surface area contributed by atoms with Crippen molar-refractivity contribution in [2.24, 2.45) is 0 Å². The molecule has 4 nitrogen and oxygen atoms in total. The average molecular weight is 193 g/mol. The molecule has 2 amide bonds. The lowest BCUT2D eigenvalue weighted by molar-refractivity contribution is 0.246. The minimum atomic E-state index is -0.259. The van der Waals surface area contributed by atoms with Gasteiger partial charge in [-0.1, -0.05) is 18.2 Å². The van der Waals surface area contributed by atoms with Crippen LogP contribution in [0.3, 0.4) is 0 Å². The molecule has 0 radical (unpaired) electrons. The number of rotatable bonds is 3. The zero-order chi connectivity index (χ0) is 10.4. The maximum Gasteiger partial charge on any atom is 0.333 e. The van der Waals surface area contributed by atoms with Gasteiger partial charge in [-0.3, -0.25) is 5.43 Å².